The fourth-order valence-electron chi connectivity index (χ4n) is 1.28. The lowest BCUT2D eigenvalue weighted by Gasteiger charge is -2.14. The lowest BCUT2D eigenvalue weighted by atomic mass is 10.2. The normalized spacial score (nSPS) is 11.7. The highest BCUT2D eigenvalue weighted by Gasteiger charge is 2.22. The van der Waals surface area contributed by atoms with E-state index in [2.05, 4.69) is 10.6 Å². The Labute approximate surface area is 137 Å². The minimum Gasteiger partial charge on any atom is -0.445 e. The number of halogens is 3. The zero-order valence-corrected chi connectivity index (χ0v) is 13.4. The van der Waals surface area contributed by atoms with Crippen molar-refractivity contribution >= 4 is 52.8 Å². The molecule has 1 rings (SSSR count). The topological polar surface area (TPSA) is 74.2 Å². The maximum atomic E-state index is 11.6. The molecule has 8 heteroatoms. The molecule has 0 radical (unpaired) electrons. The molecular formula is C13H14Cl3N3O2. The molecule has 0 fully saturated rings. The number of carbonyl (C=O) groups excluding carboxylic acids is 1. The van der Waals surface area contributed by atoms with Gasteiger partial charge in [-0.1, -0.05) is 52.5 Å². The summed E-state index contributed by atoms with van der Waals surface area (Å²) < 4.78 is 3.06. The molecule has 0 unspecified atom stereocenters. The van der Waals surface area contributed by atoms with E-state index in [1.54, 1.807) is 0 Å². The number of hydrogen-bond acceptors (Lipinski definition) is 4. The molecule has 0 spiro atoms. The number of amides is 1. The molecule has 0 aliphatic heterocycles. The minimum atomic E-state index is -1.67. The van der Waals surface area contributed by atoms with E-state index in [1.165, 1.54) is 6.08 Å². The Balaban J connectivity index is 2.62. The first-order chi connectivity index (χ1) is 9.80. The van der Waals surface area contributed by atoms with Gasteiger partial charge in [-0.3, -0.25) is 5.32 Å². The van der Waals surface area contributed by atoms with E-state index in [9.17, 15) is 4.79 Å². The summed E-state index contributed by atoms with van der Waals surface area (Å²) in [5.74, 6) is 0.267. The maximum absolute atomic E-state index is 11.6. The monoisotopic (exact) mass is 349 g/mol. The van der Waals surface area contributed by atoms with Gasteiger partial charge in [0, 0.05) is 11.9 Å². The van der Waals surface area contributed by atoms with E-state index in [4.69, 9.17) is 44.9 Å². The maximum Gasteiger partial charge on any atom is 0.412 e. The number of nitrogens with one attached hydrogen (secondary N) is 3. The summed E-state index contributed by atoms with van der Waals surface area (Å²) in [5, 5.41) is 12.4. The molecule has 0 bridgehead atoms. The van der Waals surface area contributed by atoms with Crippen LogP contribution in [0.25, 0.3) is 0 Å². The number of carbonyl (C=O) groups is 1. The van der Waals surface area contributed by atoms with Crippen LogP contribution in [-0.4, -0.2) is 22.7 Å². The van der Waals surface area contributed by atoms with Gasteiger partial charge in [0.15, 0.2) is 0 Å². The number of allylic oxidation sites excluding steroid dienone is 1. The van der Waals surface area contributed by atoms with Crippen molar-refractivity contribution < 1.29 is 9.53 Å². The van der Waals surface area contributed by atoms with Gasteiger partial charge in [0.2, 0.25) is 3.79 Å². The molecule has 21 heavy (non-hydrogen) atoms. The van der Waals surface area contributed by atoms with Crippen LogP contribution < -0.4 is 10.6 Å². The van der Waals surface area contributed by atoms with Crippen LogP contribution in [0.3, 0.4) is 0 Å². The van der Waals surface area contributed by atoms with Gasteiger partial charge < -0.3 is 15.5 Å². The largest absolute Gasteiger partial charge is 0.445 e. The Bertz CT molecular complexity index is 524. The highest BCUT2D eigenvalue weighted by Crippen LogP contribution is 2.25. The fourth-order valence-corrected chi connectivity index (χ4v) is 1.45. The van der Waals surface area contributed by atoms with Crippen LogP contribution in [0.15, 0.2) is 36.2 Å². The third-order valence-electron chi connectivity index (χ3n) is 2.18. The first-order valence-electron chi connectivity index (χ1n) is 5.85. The molecule has 1 aromatic carbocycles. The molecule has 5 nitrogen and oxygen atoms in total. The van der Waals surface area contributed by atoms with E-state index in [1.807, 2.05) is 31.2 Å². The second kappa shape index (κ2) is 8.12. The average Bonchev–Trinajstić information content (AvgIpc) is 2.39. The summed E-state index contributed by atoms with van der Waals surface area (Å²) in [6, 6.07) is 7.49. The molecule has 3 N–H and O–H groups in total. The Morgan fingerprint density at radius 1 is 1.33 bits per heavy atom. The first-order valence-corrected chi connectivity index (χ1v) is 6.98. The third-order valence-corrected chi connectivity index (χ3v) is 2.51. The molecule has 0 saturated heterocycles. The number of alkyl carbamates (subject to hydrolysis) is 1. The average molecular weight is 351 g/mol. The SMILES string of the molecule is Cc1ccc(N/C(=C\C=N)NC(=O)OCC(Cl)(Cl)Cl)cc1. The molecule has 1 amide bonds. The zero-order valence-electron chi connectivity index (χ0n) is 11.1. The Morgan fingerprint density at radius 3 is 2.48 bits per heavy atom. The van der Waals surface area contributed by atoms with Crippen molar-refractivity contribution in [1.82, 2.24) is 5.32 Å². The summed E-state index contributed by atoms with van der Waals surface area (Å²) >= 11 is 16.4. The third kappa shape index (κ3) is 7.80. The standard InChI is InChI=1S/C13H14Cl3N3O2/c1-9-2-4-10(5-3-9)18-11(6-7-17)19-12(20)21-8-13(14,15)16/h2-7,17-18H,8H2,1H3,(H,19,20)/b11-6+,17-7?. The van der Waals surface area contributed by atoms with Crippen LogP contribution in [0.4, 0.5) is 10.5 Å². The number of anilines is 1. The number of hydrogen-bond donors (Lipinski definition) is 3. The molecule has 0 aromatic heterocycles. The Morgan fingerprint density at radius 2 is 1.95 bits per heavy atom. The van der Waals surface area contributed by atoms with Gasteiger partial charge in [-0.25, -0.2) is 4.79 Å². The van der Waals surface area contributed by atoms with E-state index >= 15 is 0 Å². The Kier molecular flexibility index (Phi) is 6.81. The fraction of sp³-hybridized carbons (Fsp3) is 0.231. The number of alkyl halides is 3. The highest BCUT2D eigenvalue weighted by molar-refractivity contribution is 6.67. The van der Waals surface area contributed by atoms with Crippen LogP contribution in [-0.2, 0) is 4.74 Å². The van der Waals surface area contributed by atoms with Crippen molar-refractivity contribution in [3.63, 3.8) is 0 Å². The van der Waals surface area contributed by atoms with E-state index in [-0.39, 0.29) is 12.4 Å². The second-order valence-corrected chi connectivity index (χ2v) is 6.57. The summed E-state index contributed by atoms with van der Waals surface area (Å²) in [7, 11) is 0. The minimum absolute atomic E-state index is 0.267. The molecule has 114 valence electrons. The quantitative estimate of drug-likeness (QED) is 0.555. The molecule has 0 atom stereocenters. The van der Waals surface area contributed by atoms with Crippen molar-refractivity contribution in [1.29, 1.82) is 5.41 Å². The number of benzene rings is 1. The predicted octanol–water partition coefficient (Wildman–Crippen LogP) is 3.99. The lowest BCUT2D eigenvalue weighted by Crippen LogP contribution is -2.30. The smallest absolute Gasteiger partial charge is 0.412 e. The van der Waals surface area contributed by atoms with Crippen LogP contribution >= 0.6 is 34.8 Å². The highest BCUT2D eigenvalue weighted by atomic mass is 35.6. The zero-order chi connectivity index (χ0) is 15.9. The van der Waals surface area contributed by atoms with Gasteiger partial charge in [-0.15, -0.1) is 0 Å². The van der Waals surface area contributed by atoms with Crippen molar-refractivity contribution in [3.05, 3.63) is 41.7 Å². The predicted molar refractivity (Wildman–Crippen MR) is 86.4 cm³/mol. The number of ether oxygens (including phenoxy) is 1. The van der Waals surface area contributed by atoms with E-state index < -0.39 is 9.89 Å². The summed E-state index contributed by atoms with van der Waals surface area (Å²) in [6.45, 7) is 1.58. The molecular weight excluding hydrogens is 337 g/mol. The summed E-state index contributed by atoms with van der Waals surface area (Å²) in [6.07, 6.45) is 1.58. The van der Waals surface area contributed by atoms with Crippen molar-refractivity contribution in [2.24, 2.45) is 0 Å². The van der Waals surface area contributed by atoms with Crippen molar-refractivity contribution in [3.8, 4) is 0 Å². The molecule has 0 aliphatic carbocycles. The van der Waals surface area contributed by atoms with E-state index in [0.717, 1.165) is 17.5 Å². The molecule has 0 saturated carbocycles. The van der Waals surface area contributed by atoms with Crippen LogP contribution in [0.2, 0.25) is 0 Å². The van der Waals surface area contributed by atoms with Gasteiger partial charge in [0.05, 0.1) is 0 Å². The molecule has 0 heterocycles. The summed E-state index contributed by atoms with van der Waals surface area (Å²) in [5.41, 5.74) is 1.85. The molecule has 1 aromatic rings. The number of aryl methyl sites for hydroxylation is 1. The summed E-state index contributed by atoms with van der Waals surface area (Å²) in [4.78, 5) is 11.6. The van der Waals surface area contributed by atoms with Crippen LogP contribution in [0.1, 0.15) is 5.56 Å². The van der Waals surface area contributed by atoms with Crippen LogP contribution in [0.5, 0.6) is 0 Å². The van der Waals surface area contributed by atoms with Gasteiger partial charge in [-0.2, -0.15) is 0 Å². The number of rotatable bonds is 5. The van der Waals surface area contributed by atoms with E-state index in [0.29, 0.717) is 0 Å². The van der Waals surface area contributed by atoms with Gasteiger partial charge >= 0.3 is 6.09 Å². The first kappa shape index (κ1) is 17.6. The Hall–Kier alpha value is -1.43. The van der Waals surface area contributed by atoms with Crippen molar-refractivity contribution in [2.45, 2.75) is 10.7 Å². The second-order valence-electron chi connectivity index (χ2n) is 4.05. The van der Waals surface area contributed by atoms with Crippen LogP contribution in [0, 0.1) is 12.3 Å². The van der Waals surface area contributed by atoms with Crippen molar-refractivity contribution in [2.75, 3.05) is 11.9 Å². The van der Waals surface area contributed by atoms with Gasteiger partial charge in [0.1, 0.15) is 12.4 Å². The van der Waals surface area contributed by atoms with Gasteiger partial charge in [-0.05, 0) is 25.1 Å². The lowest BCUT2D eigenvalue weighted by molar-refractivity contribution is 0.151. The molecule has 0 aliphatic rings. The van der Waals surface area contributed by atoms with Gasteiger partial charge in [0.25, 0.3) is 0 Å².